The van der Waals surface area contributed by atoms with Crippen molar-refractivity contribution in [3.8, 4) is 5.75 Å². The normalized spacial score (nSPS) is 10.6. The molecule has 16 heavy (non-hydrogen) atoms. The van der Waals surface area contributed by atoms with Crippen molar-refractivity contribution in [1.82, 2.24) is 0 Å². The Hall–Kier alpha value is -1.38. The highest BCUT2D eigenvalue weighted by Gasteiger charge is 2.11. The molecule has 2 nitrogen and oxygen atoms in total. The Kier molecular flexibility index (Phi) is 4.47. The first kappa shape index (κ1) is 12.7. The van der Waals surface area contributed by atoms with Crippen LogP contribution in [0.4, 0.5) is 4.39 Å². The van der Waals surface area contributed by atoms with Gasteiger partial charge in [0.15, 0.2) is 17.3 Å². The van der Waals surface area contributed by atoms with E-state index in [0.717, 1.165) is 0 Å². The lowest BCUT2D eigenvalue weighted by molar-refractivity contribution is 0.0967. The molecular formula is C13H17FO2. The average Bonchev–Trinajstić information content (AvgIpc) is 2.20. The standard InChI is InChI=1S/C13H17FO2/c1-4-16-13-6-5-10(8-11(13)14)12(15)7-9(2)3/h5-6,8-9H,4,7H2,1-3H3. The zero-order valence-corrected chi connectivity index (χ0v) is 9.92. The van der Waals surface area contributed by atoms with Crippen molar-refractivity contribution in [3.05, 3.63) is 29.6 Å². The van der Waals surface area contributed by atoms with Crippen LogP contribution in [0, 0.1) is 11.7 Å². The van der Waals surface area contributed by atoms with E-state index in [4.69, 9.17) is 4.74 Å². The first-order valence-corrected chi connectivity index (χ1v) is 5.50. The zero-order valence-electron chi connectivity index (χ0n) is 9.92. The van der Waals surface area contributed by atoms with Gasteiger partial charge in [0.25, 0.3) is 0 Å². The maximum absolute atomic E-state index is 13.5. The van der Waals surface area contributed by atoms with Gasteiger partial charge in [-0.15, -0.1) is 0 Å². The van der Waals surface area contributed by atoms with Crippen molar-refractivity contribution in [3.63, 3.8) is 0 Å². The topological polar surface area (TPSA) is 26.3 Å². The minimum atomic E-state index is -0.476. The van der Waals surface area contributed by atoms with Crippen molar-refractivity contribution in [1.29, 1.82) is 0 Å². The molecule has 0 N–H and O–H groups in total. The molecule has 88 valence electrons. The molecule has 0 aliphatic carbocycles. The summed E-state index contributed by atoms with van der Waals surface area (Å²) in [5, 5.41) is 0. The maximum atomic E-state index is 13.5. The number of rotatable bonds is 5. The minimum absolute atomic E-state index is 0.0306. The fourth-order valence-corrected chi connectivity index (χ4v) is 1.44. The SMILES string of the molecule is CCOc1ccc(C(=O)CC(C)C)cc1F. The predicted molar refractivity (Wildman–Crippen MR) is 61.4 cm³/mol. The number of hydrogen-bond acceptors (Lipinski definition) is 2. The van der Waals surface area contributed by atoms with Gasteiger partial charge in [0.1, 0.15) is 0 Å². The van der Waals surface area contributed by atoms with Gasteiger partial charge in [-0.05, 0) is 31.0 Å². The molecule has 0 amide bonds. The largest absolute Gasteiger partial charge is 0.491 e. The molecule has 0 unspecified atom stereocenters. The third kappa shape index (κ3) is 3.33. The van der Waals surface area contributed by atoms with Gasteiger partial charge in [0, 0.05) is 12.0 Å². The summed E-state index contributed by atoms with van der Waals surface area (Å²) in [6.07, 6.45) is 0.438. The lowest BCUT2D eigenvalue weighted by atomic mass is 10.0. The molecule has 0 saturated carbocycles. The summed E-state index contributed by atoms with van der Waals surface area (Å²) in [5.41, 5.74) is 0.412. The molecule has 0 spiro atoms. The number of carbonyl (C=O) groups is 1. The van der Waals surface area contributed by atoms with Crippen LogP contribution in [0.1, 0.15) is 37.6 Å². The van der Waals surface area contributed by atoms with Gasteiger partial charge in [-0.2, -0.15) is 0 Å². The average molecular weight is 224 g/mol. The third-order valence-corrected chi connectivity index (χ3v) is 2.15. The van der Waals surface area contributed by atoms with Crippen LogP contribution in [0.5, 0.6) is 5.75 Å². The van der Waals surface area contributed by atoms with E-state index in [9.17, 15) is 9.18 Å². The van der Waals surface area contributed by atoms with E-state index in [0.29, 0.717) is 18.6 Å². The van der Waals surface area contributed by atoms with Crippen LogP contribution < -0.4 is 4.74 Å². The Labute approximate surface area is 95.4 Å². The minimum Gasteiger partial charge on any atom is -0.491 e. The quantitative estimate of drug-likeness (QED) is 0.716. The molecule has 1 rings (SSSR count). The van der Waals surface area contributed by atoms with E-state index in [1.165, 1.54) is 12.1 Å². The molecule has 0 atom stereocenters. The first-order chi connectivity index (χ1) is 7.54. The van der Waals surface area contributed by atoms with Crippen molar-refractivity contribution < 1.29 is 13.9 Å². The Morgan fingerprint density at radius 2 is 2.12 bits per heavy atom. The molecule has 0 radical (unpaired) electrons. The van der Waals surface area contributed by atoms with Crippen LogP contribution in [0.25, 0.3) is 0 Å². The molecule has 0 fully saturated rings. The van der Waals surface area contributed by atoms with Crippen LogP contribution in [0.2, 0.25) is 0 Å². The molecule has 1 aromatic carbocycles. The molecule has 0 aliphatic rings. The lowest BCUT2D eigenvalue weighted by Crippen LogP contribution is -2.04. The monoisotopic (exact) mass is 224 g/mol. The van der Waals surface area contributed by atoms with Gasteiger partial charge in [0.2, 0.25) is 0 Å². The number of benzene rings is 1. The summed E-state index contributed by atoms with van der Waals surface area (Å²) in [4.78, 5) is 11.7. The number of Topliss-reactive ketones (excluding diaryl/α,β-unsaturated/α-hetero) is 1. The number of ether oxygens (including phenoxy) is 1. The molecule has 0 heterocycles. The highest BCUT2D eigenvalue weighted by Crippen LogP contribution is 2.20. The maximum Gasteiger partial charge on any atom is 0.165 e. The Morgan fingerprint density at radius 1 is 1.44 bits per heavy atom. The van der Waals surface area contributed by atoms with Gasteiger partial charge in [0.05, 0.1) is 6.61 Å². The van der Waals surface area contributed by atoms with E-state index in [1.807, 2.05) is 13.8 Å². The number of carbonyl (C=O) groups excluding carboxylic acids is 1. The van der Waals surface area contributed by atoms with Gasteiger partial charge >= 0.3 is 0 Å². The summed E-state index contributed by atoms with van der Waals surface area (Å²) in [5.74, 6) is -0.0286. The molecule has 0 bridgehead atoms. The van der Waals surface area contributed by atoms with E-state index >= 15 is 0 Å². The second-order valence-electron chi connectivity index (χ2n) is 4.10. The van der Waals surface area contributed by atoms with Crippen molar-refractivity contribution in [2.24, 2.45) is 5.92 Å². The van der Waals surface area contributed by atoms with E-state index in [-0.39, 0.29) is 17.5 Å². The Balaban J connectivity index is 2.84. The highest BCUT2D eigenvalue weighted by atomic mass is 19.1. The predicted octanol–water partition coefficient (Wildman–Crippen LogP) is 3.45. The Bertz CT molecular complexity index is 372. The second-order valence-corrected chi connectivity index (χ2v) is 4.10. The fourth-order valence-electron chi connectivity index (χ4n) is 1.44. The van der Waals surface area contributed by atoms with Crippen LogP contribution in [-0.2, 0) is 0 Å². The van der Waals surface area contributed by atoms with E-state index < -0.39 is 5.82 Å². The Morgan fingerprint density at radius 3 is 2.62 bits per heavy atom. The van der Waals surface area contributed by atoms with Crippen molar-refractivity contribution in [2.45, 2.75) is 27.2 Å². The van der Waals surface area contributed by atoms with Crippen LogP contribution in [0.3, 0.4) is 0 Å². The van der Waals surface area contributed by atoms with Crippen molar-refractivity contribution in [2.75, 3.05) is 6.61 Å². The second kappa shape index (κ2) is 5.64. The van der Waals surface area contributed by atoms with E-state index in [2.05, 4.69) is 0 Å². The van der Waals surface area contributed by atoms with Gasteiger partial charge in [-0.25, -0.2) is 4.39 Å². The first-order valence-electron chi connectivity index (χ1n) is 5.50. The highest BCUT2D eigenvalue weighted by molar-refractivity contribution is 5.96. The lowest BCUT2D eigenvalue weighted by Gasteiger charge is -2.07. The number of halogens is 1. The molecule has 3 heteroatoms. The summed E-state index contributed by atoms with van der Waals surface area (Å²) < 4.78 is 18.5. The fraction of sp³-hybridized carbons (Fsp3) is 0.462. The number of ketones is 1. The molecule has 0 aromatic heterocycles. The zero-order chi connectivity index (χ0) is 12.1. The summed E-state index contributed by atoms with van der Waals surface area (Å²) in [6, 6.07) is 4.36. The molecular weight excluding hydrogens is 207 g/mol. The van der Waals surface area contributed by atoms with Crippen LogP contribution in [0.15, 0.2) is 18.2 Å². The smallest absolute Gasteiger partial charge is 0.165 e. The van der Waals surface area contributed by atoms with Crippen molar-refractivity contribution >= 4 is 5.78 Å². The summed E-state index contributed by atoms with van der Waals surface area (Å²) in [7, 11) is 0. The number of hydrogen-bond donors (Lipinski definition) is 0. The molecule has 0 aliphatic heterocycles. The van der Waals surface area contributed by atoms with E-state index in [1.54, 1.807) is 13.0 Å². The van der Waals surface area contributed by atoms with Crippen LogP contribution in [-0.4, -0.2) is 12.4 Å². The molecule has 1 aromatic rings. The van der Waals surface area contributed by atoms with Gasteiger partial charge in [-0.3, -0.25) is 4.79 Å². The van der Waals surface area contributed by atoms with Gasteiger partial charge < -0.3 is 4.74 Å². The van der Waals surface area contributed by atoms with Gasteiger partial charge in [-0.1, -0.05) is 13.8 Å². The summed E-state index contributed by atoms with van der Waals surface area (Å²) >= 11 is 0. The third-order valence-electron chi connectivity index (χ3n) is 2.15. The molecule has 0 saturated heterocycles. The van der Waals surface area contributed by atoms with Crippen LogP contribution >= 0.6 is 0 Å². The summed E-state index contributed by atoms with van der Waals surface area (Å²) in [6.45, 7) is 6.12.